The van der Waals surface area contributed by atoms with Crippen molar-refractivity contribution in [3.05, 3.63) is 218 Å². The molecule has 0 saturated heterocycles. The quantitative estimate of drug-likeness (QED) is 0.160. The molecule has 2 heteroatoms. The SMILES string of the molecule is c1ccc(-c2ccc(N(c3ccc(-c4ccccc4)cc3)c3cccc(-c4ccc5c(c4)c4cccc6c7cc(-c8ccccc8)ccc7n5c64)c3)cc2)cc1. The monoisotopic (exact) mass is 712 g/mol. The summed E-state index contributed by atoms with van der Waals surface area (Å²) in [5, 5.41) is 5.14. The summed E-state index contributed by atoms with van der Waals surface area (Å²) >= 11 is 0. The summed E-state index contributed by atoms with van der Waals surface area (Å²) in [7, 11) is 0. The third-order valence-electron chi connectivity index (χ3n) is 11.3. The third kappa shape index (κ3) is 5.34. The lowest BCUT2D eigenvalue weighted by molar-refractivity contribution is 1.28. The molecule has 0 fully saturated rings. The number of hydrogen-bond acceptors (Lipinski definition) is 1. The highest BCUT2D eigenvalue weighted by Crippen LogP contribution is 2.43. The lowest BCUT2D eigenvalue weighted by atomic mass is 9.99. The van der Waals surface area contributed by atoms with E-state index < -0.39 is 0 Å². The van der Waals surface area contributed by atoms with Crippen molar-refractivity contribution in [2.45, 2.75) is 0 Å². The molecule has 2 aromatic heterocycles. The summed E-state index contributed by atoms with van der Waals surface area (Å²) < 4.78 is 2.46. The molecule has 0 amide bonds. The van der Waals surface area contributed by atoms with Crippen LogP contribution in [0.5, 0.6) is 0 Å². The normalized spacial score (nSPS) is 11.6. The van der Waals surface area contributed by atoms with Gasteiger partial charge >= 0.3 is 0 Å². The summed E-state index contributed by atoms with van der Waals surface area (Å²) in [6.45, 7) is 0. The van der Waals surface area contributed by atoms with E-state index in [0.717, 1.165) is 17.1 Å². The largest absolute Gasteiger partial charge is 0.310 e. The Labute approximate surface area is 326 Å². The second-order valence-electron chi connectivity index (χ2n) is 14.6. The molecule has 262 valence electrons. The van der Waals surface area contributed by atoms with Gasteiger partial charge in [0.05, 0.1) is 16.6 Å². The lowest BCUT2D eigenvalue weighted by Gasteiger charge is -2.26. The summed E-state index contributed by atoms with van der Waals surface area (Å²) in [5.74, 6) is 0. The van der Waals surface area contributed by atoms with Gasteiger partial charge in [0.25, 0.3) is 0 Å². The molecule has 0 bridgehead atoms. The lowest BCUT2D eigenvalue weighted by Crippen LogP contribution is -2.10. The van der Waals surface area contributed by atoms with Crippen molar-refractivity contribution in [2.24, 2.45) is 0 Å². The Hall–Kier alpha value is -7.42. The van der Waals surface area contributed by atoms with Gasteiger partial charge in [0.15, 0.2) is 0 Å². The van der Waals surface area contributed by atoms with E-state index in [9.17, 15) is 0 Å². The summed E-state index contributed by atoms with van der Waals surface area (Å²) in [6, 6.07) is 79.3. The number of rotatable bonds is 7. The zero-order valence-electron chi connectivity index (χ0n) is 30.7. The molecule has 2 heterocycles. The van der Waals surface area contributed by atoms with Gasteiger partial charge in [-0.25, -0.2) is 0 Å². The number of benzene rings is 9. The van der Waals surface area contributed by atoms with Crippen molar-refractivity contribution in [3.63, 3.8) is 0 Å². The zero-order valence-corrected chi connectivity index (χ0v) is 30.7. The smallest absolute Gasteiger partial charge is 0.0620 e. The first-order valence-electron chi connectivity index (χ1n) is 19.3. The predicted octanol–water partition coefficient (Wildman–Crippen LogP) is 15.0. The van der Waals surface area contributed by atoms with E-state index >= 15 is 0 Å². The van der Waals surface area contributed by atoms with Gasteiger partial charge in [-0.05, 0) is 105 Å². The fourth-order valence-electron chi connectivity index (χ4n) is 8.61. The number of fused-ring (bicyclic) bond motifs is 6. The molecule has 0 aliphatic heterocycles. The van der Waals surface area contributed by atoms with Crippen LogP contribution in [0.3, 0.4) is 0 Å². The van der Waals surface area contributed by atoms with Gasteiger partial charge in [-0.1, -0.05) is 158 Å². The molecule has 11 aromatic rings. The Morgan fingerprint density at radius 1 is 0.250 bits per heavy atom. The van der Waals surface area contributed by atoms with Crippen LogP contribution in [0.25, 0.3) is 82.6 Å². The molecule has 0 unspecified atom stereocenters. The molecule has 56 heavy (non-hydrogen) atoms. The van der Waals surface area contributed by atoms with Crippen molar-refractivity contribution in [3.8, 4) is 44.5 Å². The first-order chi connectivity index (χ1) is 27.8. The fourth-order valence-corrected chi connectivity index (χ4v) is 8.61. The number of aromatic nitrogens is 1. The van der Waals surface area contributed by atoms with Crippen LogP contribution in [0.4, 0.5) is 17.1 Å². The Bertz CT molecular complexity index is 3060. The average molecular weight is 713 g/mol. The van der Waals surface area contributed by atoms with Crippen molar-refractivity contribution in [2.75, 3.05) is 4.90 Å². The molecule has 0 radical (unpaired) electrons. The highest BCUT2D eigenvalue weighted by Gasteiger charge is 2.19. The maximum atomic E-state index is 2.46. The van der Waals surface area contributed by atoms with E-state index in [-0.39, 0.29) is 0 Å². The second-order valence-corrected chi connectivity index (χ2v) is 14.6. The van der Waals surface area contributed by atoms with Crippen LogP contribution in [0.1, 0.15) is 0 Å². The molecule has 0 aliphatic carbocycles. The minimum absolute atomic E-state index is 1.11. The topological polar surface area (TPSA) is 7.65 Å². The highest BCUT2D eigenvalue weighted by molar-refractivity contribution is 6.24. The maximum Gasteiger partial charge on any atom is 0.0620 e. The Morgan fingerprint density at radius 3 is 1.12 bits per heavy atom. The standard InChI is InChI=1S/C54H36N2/c1-4-12-37(13-5-1)40-22-28-45(29-23-40)55(46-30-24-41(25-31-46)38-14-6-2-7-15-38)47-19-10-18-42(34-47)44-27-33-53-51(36-44)49-21-11-20-48-50-35-43(39-16-8-3-9-17-39)26-32-52(50)56(53)54(48)49/h1-36H. The molecular weight excluding hydrogens is 677 g/mol. The van der Waals surface area contributed by atoms with Gasteiger partial charge < -0.3 is 9.30 Å². The van der Waals surface area contributed by atoms with Crippen LogP contribution < -0.4 is 4.90 Å². The molecule has 11 rings (SSSR count). The van der Waals surface area contributed by atoms with Crippen LogP contribution in [0, 0.1) is 0 Å². The zero-order chi connectivity index (χ0) is 37.0. The fraction of sp³-hybridized carbons (Fsp3) is 0. The van der Waals surface area contributed by atoms with Crippen LogP contribution in [-0.4, -0.2) is 4.40 Å². The molecule has 2 nitrogen and oxygen atoms in total. The van der Waals surface area contributed by atoms with Crippen LogP contribution in [-0.2, 0) is 0 Å². The highest BCUT2D eigenvalue weighted by atomic mass is 15.1. The first-order valence-corrected chi connectivity index (χ1v) is 19.3. The summed E-state index contributed by atoms with van der Waals surface area (Å²) in [4.78, 5) is 2.36. The maximum absolute atomic E-state index is 2.46. The van der Waals surface area contributed by atoms with E-state index in [1.165, 1.54) is 82.6 Å². The second kappa shape index (κ2) is 13.2. The first kappa shape index (κ1) is 32.0. The minimum atomic E-state index is 1.11. The summed E-state index contributed by atoms with van der Waals surface area (Å²) in [5.41, 5.74) is 16.8. The Kier molecular flexibility index (Phi) is 7.53. The van der Waals surface area contributed by atoms with E-state index in [2.05, 4.69) is 228 Å². The molecule has 0 spiro atoms. The molecule has 9 aromatic carbocycles. The summed E-state index contributed by atoms with van der Waals surface area (Å²) in [6.07, 6.45) is 0. The Morgan fingerprint density at radius 2 is 0.625 bits per heavy atom. The van der Waals surface area contributed by atoms with Crippen LogP contribution in [0.15, 0.2) is 218 Å². The van der Waals surface area contributed by atoms with Gasteiger partial charge in [0.2, 0.25) is 0 Å². The number of nitrogens with zero attached hydrogens (tertiary/aromatic N) is 2. The minimum Gasteiger partial charge on any atom is -0.310 e. The van der Waals surface area contributed by atoms with Crippen LogP contribution >= 0.6 is 0 Å². The molecular formula is C54H36N2. The number of hydrogen-bond donors (Lipinski definition) is 0. The third-order valence-corrected chi connectivity index (χ3v) is 11.3. The molecule has 0 aliphatic rings. The van der Waals surface area contributed by atoms with Gasteiger partial charge in [0, 0.05) is 38.6 Å². The van der Waals surface area contributed by atoms with Crippen molar-refractivity contribution < 1.29 is 0 Å². The van der Waals surface area contributed by atoms with E-state index in [4.69, 9.17) is 0 Å². The Balaban J connectivity index is 1.01. The van der Waals surface area contributed by atoms with Gasteiger partial charge in [-0.3, -0.25) is 0 Å². The van der Waals surface area contributed by atoms with E-state index in [0.29, 0.717) is 0 Å². The predicted molar refractivity (Wildman–Crippen MR) is 238 cm³/mol. The van der Waals surface area contributed by atoms with Crippen molar-refractivity contribution >= 4 is 55.2 Å². The molecule has 0 N–H and O–H groups in total. The van der Waals surface area contributed by atoms with Crippen molar-refractivity contribution in [1.29, 1.82) is 0 Å². The molecule has 0 saturated carbocycles. The van der Waals surface area contributed by atoms with Gasteiger partial charge in [0.1, 0.15) is 0 Å². The number of para-hydroxylation sites is 1. The van der Waals surface area contributed by atoms with E-state index in [1.807, 2.05) is 0 Å². The average Bonchev–Trinajstić information content (AvgIpc) is 3.80. The van der Waals surface area contributed by atoms with Gasteiger partial charge in [-0.15, -0.1) is 0 Å². The van der Waals surface area contributed by atoms with Crippen LogP contribution in [0.2, 0.25) is 0 Å². The van der Waals surface area contributed by atoms with E-state index in [1.54, 1.807) is 0 Å². The van der Waals surface area contributed by atoms with Gasteiger partial charge in [-0.2, -0.15) is 0 Å². The molecule has 0 atom stereocenters. The number of anilines is 3. The van der Waals surface area contributed by atoms with Crippen molar-refractivity contribution in [1.82, 2.24) is 4.40 Å².